The van der Waals surface area contributed by atoms with E-state index in [9.17, 15) is 9.59 Å². The maximum Gasteiger partial charge on any atom is 0.344 e. The minimum Gasteiger partial charge on any atom is -0.490 e. The Kier molecular flexibility index (Phi) is 8.57. The largest absolute Gasteiger partial charge is 0.490 e. The van der Waals surface area contributed by atoms with Gasteiger partial charge in [0, 0.05) is 4.47 Å². The van der Waals surface area contributed by atoms with E-state index in [-0.39, 0.29) is 12.5 Å². The monoisotopic (exact) mass is 532 g/mol. The lowest BCUT2D eigenvalue weighted by molar-refractivity contribution is -0.145. The Morgan fingerprint density at radius 2 is 1.82 bits per heavy atom. The molecule has 2 aromatic carbocycles. The van der Waals surface area contributed by atoms with Gasteiger partial charge in [-0.15, -0.1) is 0 Å². The predicted octanol–water partition coefficient (Wildman–Crippen LogP) is 5.30. The van der Waals surface area contributed by atoms with Crippen LogP contribution in [0, 0.1) is 13.8 Å². The molecule has 1 fully saturated rings. The summed E-state index contributed by atoms with van der Waals surface area (Å²) in [4.78, 5) is 29.2. The van der Waals surface area contributed by atoms with Crippen LogP contribution in [-0.2, 0) is 14.3 Å². The summed E-state index contributed by atoms with van der Waals surface area (Å²) in [7, 11) is 0. The van der Waals surface area contributed by atoms with Crippen LogP contribution >= 0.6 is 27.7 Å². The van der Waals surface area contributed by atoms with E-state index in [1.807, 2.05) is 32.9 Å². The lowest BCUT2D eigenvalue weighted by Crippen LogP contribution is -2.19. The second kappa shape index (κ2) is 11.4. The first-order valence-corrected chi connectivity index (χ1v) is 12.0. The number of carbonyl (C=O) groups is 2. The minimum absolute atomic E-state index is 0.207. The van der Waals surface area contributed by atoms with Crippen molar-refractivity contribution in [2.24, 2.45) is 4.99 Å². The highest BCUT2D eigenvalue weighted by Crippen LogP contribution is 2.33. The highest BCUT2D eigenvalue weighted by atomic mass is 79.9. The van der Waals surface area contributed by atoms with Gasteiger partial charge in [-0.25, -0.2) is 9.79 Å². The maximum atomic E-state index is 12.5. The van der Waals surface area contributed by atoms with E-state index >= 15 is 0 Å². The number of amides is 1. The summed E-state index contributed by atoms with van der Waals surface area (Å²) in [6, 6.07) is 9.18. The number of nitrogens with zero attached hydrogens (tertiary/aromatic N) is 1. The van der Waals surface area contributed by atoms with Crippen LogP contribution in [0.25, 0.3) is 6.08 Å². The molecule has 0 aromatic heterocycles. The first kappa shape index (κ1) is 24.9. The summed E-state index contributed by atoms with van der Waals surface area (Å²) in [5.74, 6) is 0.242. The minimum atomic E-state index is -0.451. The molecule has 1 aliphatic rings. The van der Waals surface area contributed by atoms with Crippen molar-refractivity contribution in [2.75, 3.05) is 19.8 Å². The quantitative estimate of drug-likeness (QED) is 0.366. The summed E-state index contributed by atoms with van der Waals surface area (Å²) in [5.41, 5.74) is 3.69. The number of halogens is 1. The van der Waals surface area contributed by atoms with Crippen molar-refractivity contribution >= 4 is 56.5 Å². The number of ether oxygens (including phenoxy) is 3. The molecule has 1 N–H and O–H groups in total. The number of nitrogens with one attached hydrogen (secondary N) is 1. The van der Waals surface area contributed by atoms with Gasteiger partial charge in [-0.2, -0.15) is 0 Å². The van der Waals surface area contributed by atoms with Gasteiger partial charge < -0.3 is 19.5 Å². The maximum absolute atomic E-state index is 12.5. The summed E-state index contributed by atoms with van der Waals surface area (Å²) in [6.07, 6.45) is 1.76. The zero-order valence-electron chi connectivity index (χ0n) is 18.9. The van der Waals surface area contributed by atoms with Crippen molar-refractivity contribution in [1.82, 2.24) is 5.32 Å². The molecule has 0 bridgehead atoms. The Morgan fingerprint density at radius 3 is 2.48 bits per heavy atom. The van der Waals surface area contributed by atoms with Gasteiger partial charge in [-0.1, -0.05) is 22.0 Å². The summed E-state index contributed by atoms with van der Waals surface area (Å²) < 4.78 is 17.1. The van der Waals surface area contributed by atoms with Crippen LogP contribution in [-0.4, -0.2) is 36.9 Å². The number of hydrogen-bond acceptors (Lipinski definition) is 7. The summed E-state index contributed by atoms with van der Waals surface area (Å²) in [6.45, 7) is 8.11. The van der Waals surface area contributed by atoms with Crippen LogP contribution in [0.5, 0.6) is 11.5 Å². The smallest absolute Gasteiger partial charge is 0.344 e. The molecule has 0 spiro atoms. The lowest BCUT2D eigenvalue weighted by Gasteiger charge is -2.12. The molecule has 0 atom stereocenters. The number of carbonyl (C=O) groups excluding carboxylic acids is 2. The molecule has 7 nitrogen and oxygen atoms in total. The highest BCUT2D eigenvalue weighted by molar-refractivity contribution is 9.10. The standard InChI is InChI=1S/C24H25BrN2O5S/c1-5-30-19-11-16(7-8-18(19)32-13-21(28)31-6-2)12-20-23(29)27-24(33-20)26-17-9-14(3)22(25)15(4)10-17/h7-12H,5-6,13H2,1-4H3,(H,26,27,29)/b20-12-. The Balaban J connectivity index is 1.79. The van der Waals surface area contributed by atoms with E-state index in [2.05, 4.69) is 26.2 Å². The van der Waals surface area contributed by atoms with Crippen LogP contribution in [0.1, 0.15) is 30.5 Å². The van der Waals surface area contributed by atoms with Gasteiger partial charge in [0.25, 0.3) is 5.91 Å². The fourth-order valence-electron chi connectivity index (χ4n) is 3.08. The van der Waals surface area contributed by atoms with Crippen molar-refractivity contribution in [3.8, 4) is 11.5 Å². The lowest BCUT2D eigenvalue weighted by atomic mass is 10.1. The molecule has 0 radical (unpaired) electrons. The van der Waals surface area contributed by atoms with Gasteiger partial charge in [0.05, 0.1) is 23.8 Å². The number of benzene rings is 2. The van der Waals surface area contributed by atoms with Crippen molar-refractivity contribution in [2.45, 2.75) is 27.7 Å². The van der Waals surface area contributed by atoms with E-state index in [0.29, 0.717) is 34.8 Å². The Morgan fingerprint density at radius 1 is 1.09 bits per heavy atom. The fraction of sp³-hybridized carbons (Fsp3) is 0.292. The van der Waals surface area contributed by atoms with E-state index in [4.69, 9.17) is 14.2 Å². The first-order valence-electron chi connectivity index (χ1n) is 10.4. The van der Waals surface area contributed by atoms with Crippen molar-refractivity contribution in [1.29, 1.82) is 0 Å². The number of rotatable bonds is 8. The van der Waals surface area contributed by atoms with E-state index in [1.165, 1.54) is 11.8 Å². The highest BCUT2D eigenvalue weighted by Gasteiger charge is 2.24. The third kappa shape index (κ3) is 6.61. The van der Waals surface area contributed by atoms with Gasteiger partial charge >= 0.3 is 5.97 Å². The number of thioether (sulfide) groups is 1. The summed E-state index contributed by atoms with van der Waals surface area (Å²) in [5, 5.41) is 3.33. The van der Waals surface area contributed by atoms with Gasteiger partial charge in [-0.05, 0) is 86.5 Å². The van der Waals surface area contributed by atoms with Gasteiger partial charge in [0.1, 0.15) is 0 Å². The number of aliphatic imine (C=N–C) groups is 1. The molecule has 0 aliphatic carbocycles. The van der Waals surface area contributed by atoms with Gasteiger partial charge in [0.2, 0.25) is 0 Å². The summed E-state index contributed by atoms with van der Waals surface area (Å²) >= 11 is 4.83. The Labute approximate surface area is 205 Å². The SMILES string of the molecule is CCOC(=O)COc1ccc(/C=C2\SC(=Nc3cc(C)c(Br)c(C)c3)NC2=O)cc1OCC. The molecule has 0 unspecified atom stereocenters. The molecule has 174 valence electrons. The van der Waals surface area contributed by atoms with E-state index < -0.39 is 5.97 Å². The molecule has 1 heterocycles. The molecule has 1 aliphatic heterocycles. The number of esters is 1. The molecule has 3 rings (SSSR count). The second-order valence-electron chi connectivity index (χ2n) is 7.11. The third-order valence-corrected chi connectivity index (χ3v) is 6.68. The molecule has 33 heavy (non-hydrogen) atoms. The van der Waals surface area contributed by atoms with Crippen LogP contribution in [0.2, 0.25) is 0 Å². The van der Waals surface area contributed by atoms with Crippen molar-refractivity contribution < 1.29 is 23.8 Å². The molecule has 2 aromatic rings. The topological polar surface area (TPSA) is 86.2 Å². The van der Waals surface area contributed by atoms with Crippen LogP contribution in [0.15, 0.2) is 44.7 Å². The number of aryl methyl sites for hydroxylation is 2. The molecular formula is C24H25BrN2O5S. The van der Waals surface area contributed by atoms with Gasteiger partial charge in [0.15, 0.2) is 23.3 Å². The predicted molar refractivity (Wildman–Crippen MR) is 134 cm³/mol. The van der Waals surface area contributed by atoms with Gasteiger partial charge in [-0.3, -0.25) is 4.79 Å². The zero-order chi connectivity index (χ0) is 24.0. The molecule has 0 saturated carbocycles. The Hall–Kier alpha value is -2.78. The van der Waals surface area contributed by atoms with Crippen molar-refractivity contribution in [3.63, 3.8) is 0 Å². The van der Waals surface area contributed by atoms with Crippen LogP contribution in [0.4, 0.5) is 5.69 Å². The average Bonchev–Trinajstić information content (AvgIpc) is 3.10. The number of amidine groups is 1. The fourth-order valence-corrected chi connectivity index (χ4v) is 4.15. The second-order valence-corrected chi connectivity index (χ2v) is 8.93. The Bertz CT molecular complexity index is 1110. The third-order valence-electron chi connectivity index (χ3n) is 4.52. The van der Waals surface area contributed by atoms with Crippen molar-refractivity contribution in [3.05, 3.63) is 56.4 Å². The first-order chi connectivity index (χ1) is 15.8. The molecule has 1 saturated heterocycles. The number of hydrogen-bond donors (Lipinski definition) is 1. The molecule has 9 heteroatoms. The average molecular weight is 533 g/mol. The van der Waals surface area contributed by atoms with Crippen LogP contribution < -0.4 is 14.8 Å². The normalized spacial score (nSPS) is 15.6. The molecular weight excluding hydrogens is 508 g/mol. The zero-order valence-corrected chi connectivity index (χ0v) is 21.3. The molecule has 1 amide bonds. The van der Waals surface area contributed by atoms with Crippen LogP contribution in [0.3, 0.4) is 0 Å². The van der Waals surface area contributed by atoms with E-state index in [1.54, 1.807) is 31.2 Å². The van der Waals surface area contributed by atoms with E-state index in [0.717, 1.165) is 26.9 Å².